The third-order valence-electron chi connectivity index (χ3n) is 3.11. The van der Waals surface area contributed by atoms with E-state index in [1.807, 2.05) is 32.0 Å². The molecule has 0 aliphatic rings. The van der Waals surface area contributed by atoms with Gasteiger partial charge < -0.3 is 10.2 Å². The molecule has 0 aromatic carbocycles. The highest BCUT2D eigenvalue weighted by Crippen LogP contribution is 2.08. The van der Waals surface area contributed by atoms with Crippen molar-refractivity contribution in [2.24, 2.45) is 0 Å². The van der Waals surface area contributed by atoms with Gasteiger partial charge in [0.2, 0.25) is 0 Å². The molecule has 2 aromatic heterocycles. The summed E-state index contributed by atoms with van der Waals surface area (Å²) in [7, 11) is 0. The lowest BCUT2D eigenvalue weighted by molar-refractivity contribution is 0.0767. The monoisotopic (exact) mass is 285 g/mol. The SMILES string of the molecule is CCN(CC)C(=O)c1cc(NCc2ccccn2)ncn1. The maximum absolute atomic E-state index is 12.2. The zero-order valence-corrected chi connectivity index (χ0v) is 12.3. The Morgan fingerprint density at radius 2 is 2.00 bits per heavy atom. The fourth-order valence-electron chi connectivity index (χ4n) is 1.93. The quantitative estimate of drug-likeness (QED) is 0.878. The Bertz CT molecular complexity index is 584. The molecule has 0 bridgehead atoms. The van der Waals surface area contributed by atoms with Gasteiger partial charge in [0, 0.05) is 25.4 Å². The van der Waals surface area contributed by atoms with Crippen molar-refractivity contribution >= 4 is 11.7 Å². The van der Waals surface area contributed by atoms with Crippen molar-refractivity contribution in [3.63, 3.8) is 0 Å². The molecule has 21 heavy (non-hydrogen) atoms. The number of carbonyl (C=O) groups excluding carboxylic acids is 1. The molecule has 0 saturated carbocycles. The number of anilines is 1. The van der Waals surface area contributed by atoms with Gasteiger partial charge in [0.15, 0.2) is 0 Å². The number of amides is 1. The van der Waals surface area contributed by atoms with Crippen LogP contribution < -0.4 is 5.32 Å². The van der Waals surface area contributed by atoms with E-state index in [0.29, 0.717) is 31.1 Å². The highest BCUT2D eigenvalue weighted by molar-refractivity contribution is 5.92. The highest BCUT2D eigenvalue weighted by atomic mass is 16.2. The first kappa shape index (κ1) is 14.9. The molecule has 1 N–H and O–H groups in total. The van der Waals surface area contributed by atoms with Gasteiger partial charge >= 0.3 is 0 Å². The predicted octanol–water partition coefficient (Wildman–Crippen LogP) is 1.97. The minimum atomic E-state index is -0.0803. The Balaban J connectivity index is 2.05. The summed E-state index contributed by atoms with van der Waals surface area (Å²) in [5.41, 5.74) is 1.31. The molecule has 0 aliphatic heterocycles. The summed E-state index contributed by atoms with van der Waals surface area (Å²) >= 11 is 0. The van der Waals surface area contributed by atoms with Gasteiger partial charge in [0.1, 0.15) is 17.8 Å². The molecule has 0 atom stereocenters. The summed E-state index contributed by atoms with van der Waals surface area (Å²) in [6, 6.07) is 7.40. The Hall–Kier alpha value is -2.50. The molecule has 2 heterocycles. The summed E-state index contributed by atoms with van der Waals surface area (Å²) < 4.78 is 0. The van der Waals surface area contributed by atoms with E-state index in [9.17, 15) is 4.79 Å². The molecule has 110 valence electrons. The summed E-state index contributed by atoms with van der Waals surface area (Å²) in [4.78, 5) is 26.4. The summed E-state index contributed by atoms with van der Waals surface area (Å²) in [6.45, 7) is 5.77. The van der Waals surface area contributed by atoms with Crippen molar-refractivity contribution in [3.8, 4) is 0 Å². The lowest BCUT2D eigenvalue weighted by Gasteiger charge is -2.18. The van der Waals surface area contributed by atoms with Gasteiger partial charge in [-0.1, -0.05) is 6.07 Å². The summed E-state index contributed by atoms with van der Waals surface area (Å²) in [6.07, 6.45) is 3.14. The average Bonchev–Trinajstić information content (AvgIpc) is 2.55. The van der Waals surface area contributed by atoms with Gasteiger partial charge in [-0.2, -0.15) is 0 Å². The number of hydrogen-bond donors (Lipinski definition) is 1. The van der Waals surface area contributed by atoms with Gasteiger partial charge in [0.25, 0.3) is 5.91 Å². The third-order valence-corrected chi connectivity index (χ3v) is 3.11. The van der Waals surface area contributed by atoms with Crippen molar-refractivity contribution in [1.29, 1.82) is 0 Å². The Labute approximate surface area is 124 Å². The van der Waals surface area contributed by atoms with Gasteiger partial charge in [-0.25, -0.2) is 9.97 Å². The van der Waals surface area contributed by atoms with Gasteiger partial charge in [0.05, 0.1) is 12.2 Å². The molecule has 0 saturated heterocycles. The zero-order valence-electron chi connectivity index (χ0n) is 12.3. The van der Waals surface area contributed by atoms with Crippen LogP contribution in [0.25, 0.3) is 0 Å². The largest absolute Gasteiger partial charge is 0.364 e. The van der Waals surface area contributed by atoms with E-state index in [1.54, 1.807) is 17.2 Å². The normalized spacial score (nSPS) is 10.2. The molecule has 0 radical (unpaired) electrons. The van der Waals surface area contributed by atoms with Gasteiger partial charge in [-0.05, 0) is 26.0 Å². The number of carbonyl (C=O) groups is 1. The zero-order chi connectivity index (χ0) is 15.1. The maximum Gasteiger partial charge on any atom is 0.272 e. The maximum atomic E-state index is 12.2. The molecule has 2 rings (SSSR count). The fourth-order valence-corrected chi connectivity index (χ4v) is 1.93. The Morgan fingerprint density at radius 1 is 1.19 bits per heavy atom. The lowest BCUT2D eigenvalue weighted by atomic mass is 10.3. The van der Waals surface area contributed by atoms with E-state index in [4.69, 9.17) is 0 Å². The molecule has 0 unspecified atom stereocenters. The second-order valence-corrected chi connectivity index (χ2v) is 4.44. The van der Waals surface area contributed by atoms with Crippen molar-refractivity contribution in [3.05, 3.63) is 48.2 Å². The number of pyridine rings is 1. The van der Waals surface area contributed by atoms with E-state index < -0.39 is 0 Å². The Morgan fingerprint density at radius 3 is 2.67 bits per heavy atom. The van der Waals surface area contributed by atoms with E-state index in [-0.39, 0.29) is 5.91 Å². The van der Waals surface area contributed by atoms with Crippen molar-refractivity contribution in [1.82, 2.24) is 19.9 Å². The van der Waals surface area contributed by atoms with Crippen LogP contribution in [-0.4, -0.2) is 38.8 Å². The van der Waals surface area contributed by atoms with Crippen LogP contribution in [0, 0.1) is 0 Å². The Kier molecular flexibility index (Phi) is 5.20. The van der Waals surface area contributed by atoms with Gasteiger partial charge in [-0.3, -0.25) is 9.78 Å². The molecule has 1 amide bonds. The number of nitrogens with zero attached hydrogens (tertiary/aromatic N) is 4. The second kappa shape index (κ2) is 7.33. The van der Waals surface area contributed by atoms with Gasteiger partial charge in [-0.15, -0.1) is 0 Å². The molecule has 6 heteroatoms. The minimum Gasteiger partial charge on any atom is -0.364 e. The van der Waals surface area contributed by atoms with Crippen LogP contribution >= 0.6 is 0 Å². The minimum absolute atomic E-state index is 0.0803. The van der Waals surface area contributed by atoms with E-state index in [0.717, 1.165) is 5.69 Å². The topological polar surface area (TPSA) is 71.0 Å². The van der Waals surface area contributed by atoms with E-state index in [1.165, 1.54) is 6.33 Å². The lowest BCUT2D eigenvalue weighted by Crippen LogP contribution is -2.31. The average molecular weight is 285 g/mol. The predicted molar refractivity (Wildman–Crippen MR) is 80.8 cm³/mol. The number of rotatable bonds is 6. The summed E-state index contributed by atoms with van der Waals surface area (Å²) in [5, 5.41) is 3.15. The van der Waals surface area contributed by atoms with Crippen LogP contribution in [0.1, 0.15) is 30.0 Å². The first-order chi connectivity index (χ1) is 10.2. The molecular formula is C15H19N5O. The van der Waals surface area contributed by atoms with E-state index in [2.05, 4.69) is 20.3 Å². The van der Waals surface area contributed by atoms with Crippen LogP contribution in [0.4, 0.5) is 5.82 Å². The molecule has 0 aliphatic carbocycles. The highest BCUT2D eigenvalue weighted by Gasteiger charge is 2.14. The molecule has 0 spiro atoms. The first-order valence-corrected chi connectivity index (χ1v) is 6.99. The van der Waals surface area contributed by atoms with Crippen LogP contribution in [0.15, 0.2) is 36.8 Å². The molecule has 6 nitrogen and oxygen atoms in total. The van der Waals surface area contributed by atoms with Crippen molar-refractivity contribution in [2.45, 2.75) is 20.4 Å². The molecule has 0 fully saturated rings. The molecule has 2 aromatic rings. The van der Waals surface area contributed by atoms with Crippen LogP contribution in [0.3, 0.4) is 0 Å². The van der Waals surface area contributed by atoms with Crippen LogP contribution in [0.2, 0.25) is 0 Å². The van der Waals surface area contributed by atoms with Crippen molar-refractivity contribution < 1.29 is 4.79 Å². The standard InChI is InChI=1S/C15H19N5O/c1-3-20(4-2)15(21)13-9-14(19-11-18-13)17-10-12-7-5-6-8-16-12/h5-9,11H,3-4,10H2,1-2H3,(H,17,18,19). The smallest absolute Gasteiger partial charge is 0.272 e. The molecular weight excluding hydrogens is 266 g/mol. The number of nitrogens with one attached hydrogen (secondary N) is 1. The number of aromatic nitrogens is 3. The fraction of sp³-hybridized carbons (Fsp3) is 0.333. The first-order valence-electron chi connectivity index (χ1n) is 6.99. The number of hydrogen-bond acceptors (Lipinski definition) is 5. The van der Waals surface area contributed by atoms with Crippen molar-refractivity contribution in [2.75, 3.05) is 18.4 Å². The third kappa shape index (κ3) is 3.98. The van der Waals surface area contributed by atoms with Crippen LogP contribution in [-0.2, 0) is 6.54 Å². The summed E-state index contributed by atoms with van der Waals surface area (Å²) in [5.74, 6) is 0.537. The second-order valence-electron chi connectivity index (χ2n) is 4.44. The van der Waals surface area contributed by atoms with Crippen LogP contribution in [0.5, 0.6) is 0 Å². The van der Waals surface area contributed by atoms with E-state index >= 15 is 0 Å².